The highest BCUT2D eigenvalue weighted by Crippen LogP contribution is 2.08. The molecule has 0 amide bonds. The quantitative estimate of drug-likeness (QED) is 0.771. The molecule has 0 aliphatic carbocycles. The minimum absolute atomic E-state index is 0.0712. The molecule has 0 unspecified atom stereocenters. The van der Waals surface area contributed by atoms with E-state index in [0.717, 1.165) is 6.20 Å². The van der Waals surface area contributed by atoms with E-state index in [4.69, 9.17) is 5.11 Å². The van der Waals surface area contributed by atoms with Gasteiger partial charge in [-0.2, -0.15) is 0 Å². The fourth-order valence-corrected chi connectivity index (χ4v) is 1.04. The monoisotopic (exact) mass is 183 g/mol. The van der Waals surface area contributed by atoms with Crippen molar-refractivity contribution in [3.8, 4) is 0 Å². The molecular formula is C9H10FNO2. The largest absolute Gasteiger partial charge is 0.481 e. The van der Waals surface area contributed by atoms with Gasteiger partial charge in [-0.25, -0.2) is 4.39 Å². The third kappa shape index (κ3) is 3.19. The molecule has 0 atom stereocenters. The number of aliphatic carboxylic acids is 1. The van der Waals surface area contributed by atoms with Gasteiger partial charge in [0.1, 0.15) is 5.82 Å². The summed E-state index contributed by atoms with van der Waals surface area (Å²) in [6.45, 7) is 0. The Morgan fingerprint density at radius 3 is 3.00 bits per heavy atom. The predicted molar refractivity (Wildman–Crippen MR) is 44.8 cm³/mol. The van der Waals surface area contributed by atoms with E-state index in [1.54, 1.807) is 6.07 Å². The van der Waals surface area contributed by atoms with Crippen LogP contribution in [0.5, 0.6) is 0 Å². The molecule has 0 spiro atoms. The molecule has 0 aromatic carbocycles. The van der Waals surface area contributed by atoms with Crippen molar-refractivity contribution in [1.29, 1.82) is 0 Å². The van der Waals surface area contributed by atoms with Crippen molar-refractivity contribution in [2.24, 2.45) is 0 Å². The number of carboxylic acids is 1. The maximum Gasteiger partial charge on any atom is 0.303 e. The number of nitrogens with zero attached hydrogens (tertiary/aromatic N) is 1. The average Bonchev–Trinajstić information content (AvgIpc) is 2.08. The average molecular weight is 183 g/mol. The number of aromatic nitrogens is 1. The van der Waals surface area contributed by atoms with Crippen molar-refractivity contribution in [1.82, 2.24) is 4.98 Å². The van der Waals surface area contributed by atoms with Crippen molar-refractivity contribution < 1.29 is 14.3 Å². The first-order valence-electron chi connectivity index (χ1n) is 4.00. The Labute approximate surface area is 75.2 Å². The molecule has 1 rings (SSSR count). The number of carbonyl (C=O) groups is 1. The van der Waals surface area contributed by atoms with Gasteiger partial charge in [-0.1, -0.05) is 0 Å². The number of pyridine rings is 1. The standard InChI is InChI=1S/C9H10FNO2/c10-8-6-11-5-4-7(8)2-1-3-9(12)13/h4-6H,1-3H2,(H,12,13). The molecule has 0 saturated heterocycles. The Morgan fingerprint density at radius 1 is 1.62 bits per heavy atom. The molecule has 4 heteroatoms. The van der Waals surface area contributed by atoms with Crippen LogP contribution in [0, 0.1) is 5.82 Å². The summed E-state index contributed by atoms with van der Waals surface area (Å²) in [4.78, 5) is 13.8. The van der Waals surface area contributed by atoms with Crippen LogP contribution in [0.2, 0.25) is 0 Å². The summed E-state index contributed by atoms with van der Waals surface area (Å²) in [5, 5.41) is 8.35. The maximum absolute atomic E-state index is 12.9. The second kappa shape index (κ2) is 4.54. The summed E-state index contributed by atoms with van der Waals surface area (Å²) in [6.07, 6.45) is 3.61. The molecule has 0 saturated carbocycles. The van der Waals surface area contributed by atoms with E-state index in [0.29, 0.717) is 18.4 Å². The normalized spacial score (nSPS) is 9.92. The second-order valence-electron chi connectivity index (χ2n) is 2.71. The van der Waals surface area contributed by atoms with Crippen LogP contribution >= 0.6 is 0 Å². The molecule has 1 heterocycles. The van der Waals surface area contributed by atoms with Gasteiger partial charge >= 0.3 is 5.97 Å². The predicted octanol–water partition coefficient (Wildman–Crippen LogP) is 1.63. The van der Waals surface area contributed by atoms with Gasteiger partial charge in [0.05, 0.1) is 6.20 Å². The molecule has 0 fully saturated rings. The first-order chi connectivity index (χ1) is 6.20. The fraction of sp³-hybridized carbons (Fsp3) is 0.333. The molecule has 0 bridgehead atoms. The summed E-state index contributed by atoms with van der Waals surface area (Å²) in [5.41, 5.74) is 0.524. The SMILES string of the molecule is O=C(O)CCCc1ccncc1F. The lowest BCUT2D eigenvalue weighted by Gasteiger charge is -1.99. The van der Waals surface area contributed by atoms with Gasteiger partial charge in [0.25, 0.3) is 0 Å². The maximum atomic E-state index is 12.9. The van der Waals surface area contributed by atoms with Crippen LogP contribution in [0.3, 0.4) is 0 Å². The lowest BCUT2D eigenvalue weighted by atomic mass is 10.1. The minimum Gasteiger partial charge on any atom is -0.481 e. The number of carboxylic acid groups (broad SMARTS) is 1. The highest BCUT2D eigenvalue weighted by atomic mass is 19.1. The van der Waals surface area contributed by atoms with Crippen molar-refractivity contribution in [3.05, 3.63) is 29.8 Å². The molecule has 1 aromatic rings. The van der Waals surface area contributed by atoms with Crippen LogP contribution in [0.1, 0.15) is 18.4 Å². The summed E-state index contributed by atoms with van der Waals surface area (Å²) >= 11 is 0. The summed E-state index contributed by atoms with van der Waals surface area (Å²) in [6, 6.07) is 1.57. The summed E-state index contributed by atoms with van der Waals surface area (Å²) in [5.74, 6) is -1.22. The van der Waals surface area contributed by atoms with Gasteiger partial charge < -0.3 is 5.11 Å². The third-order valence-electron chi connectivity index (χ3n) is 1.69. The van der Waals surface area contributed by atoms with Gasteiger partial charge in [-0.3, -0.25) is 9.78 Å². The molecule has 3 nitrogen and oxygen atoms in total. The van der Waals surface area contributed by atoms with E-state index < -0.39 is 5.97 Å². The molecule has 0 aliphatic rings. The number of hydrogen-bond donors (Lipinski definition) is 1. The van der Waals surface area contributed by atoms with Crippen molar-refractivity contribution >= 4 is 5.97 Å². The molecule has 0 radical (unpaired) electrons. The molecule has 1 N–H and O–H groups in total. The topological polar surface area (TPSA) is 50.2 Å². The van der Waals surface area contributed by atoms with E-state index in [1.165, 1.54) is 6.20 Å². The zero-order chi connectivity index (χ0) is 9.68. The number of rotatable bonds is 4. The van der Waals surface area contributed by atoms with Gasteiger partial charge in [0, 0.05) is 12.6 Å². The van der Waals surface area contributed by atoms with Crippen LogP contribution in [-0.4, -0.2) is 16.1 Å². The lowest BCUT2D eigenvalue weighted by Crippen LogP contribution is -1.97. The first kappa shape index (κ1) is 9.64. The van der Waals surface area contributed by atoms with Crippen LogP contribution < -0.4 is 0 Å². The molecule has 70 valence electrons. The minimum atomic E-state index is -0.852. The fourth-order valence-electron chi connectivity index (χ4n) is 1.04. The Morgan fingerprint density at radius 2 is 2.38 bits per heavy atom. The van der Waals surface area contributed by atoms with Crippen molar-refractivity contribution in [2.45, 2.75) is 19.3 Å². The lowest BCUT2D eigenvalue weighted by molar-refractivity contribution is -0.137. The van der Waals surface area contributed by atoms with Crippen LogP contribution in [0.15, 0.2) is 18.5 Å². The molecule has 0 aliphatic heterocycles. The first-order valence-corrected chi connectivity index (χ1v) is 4.00. The van der Waals surface area contributed by atoms with E-state index in [9.17, 15) is 9.18 Å². The van der Waals surface area contributed by atoms with Crippen molar-refractivity contribution in [3.63, 3.8) is 0 Å². The van der Waals surface area contributed by atoms with Gasteiger partial charge in [0.2, 0.25) is 0 Å². The van der Waals surface area contributed by atoms with E-state index in [-0.39, 0.29) is 12.2 Å². The highest BCUT2D eigenvalue weighted by molar-refractivity contribution is 5.66. The van der Waals surface area contributed by atoms with Crippen molar-refractivity contribution in [2.75, 3.05) is 0 Å². The molecule has 1 aromatic heterocycles. The summed E-state index contributed by atoms with van der Waals surface area (Å²) < 4.78 is 12.9. The zero-order valence-electron chi connectivity index (χ0n) is 7.03. The van der Waals surface area contributed by atoms with Gasteiger partial charge in [-0.05, 0) is 24.5 Å². The third-order valence-corrected chi connectivity index (χ3v) is 1.69. The van der Waals surface area contributed by atoms with Crippen LogP contribution in [0.4, 0.5) is 4.39 Å². The Balaban J connectivity index is 2.45. The van der Waals surface area contributed by atoms with Crippen LogP contribution in [0.25, 0.3) is 0 Å². The van der Waals surface area contributed by atoms with E-state index in [1.807, 2.05) is 0 Å². The molecular weight excluding hydrogens is 173 g/mol. The van der Waals surface area contributed by atoms with E-state index >= 15 is 0 Å². The Kier molecular flexibility index (Phi) is 3.37. The van der Waals surface area contributed by atoms with Gasteiger partial charge in [0.15, 0.2) is 0 Å². The zero-order valence-corrected chi connectivity index (χ0v) is 7.03. The second-order valence-corrected chi connectivity index (χ2v) is 2.71. The number of aryl methyl sites for hydroxylation is 1. The Bertz CT molecular complexity index is 301. The summed E-state index contributed by atoms with van der Waals surface area (Å²) in [7, 11) is 0. The number of halogens is 1. The van der Waals surface area contributed by atoms with Gasteiger partial charge in [-0.15, -0.1) is 0 Å². The Hall–Kier alpha value is -1.45. The highest BCUT2D eigenvalue weighted by Gasteiger charge is 2.02. The molecule has 13 heavy (non-hydrogen) atoms. The number of hydrogen-bond acceptors (Lipinski definition) is 2. The van der Waals surface area contributed by atoms with Crippen LogP contribution in [-0.2, 0) is 11.2 Å². The van der Waals surface area contributed by atoms with E-state index in [2.05, 4.69) is 4.98 Å². The smallest absolute Gasteiger partial charge is 0.303 e.